The topological polar surface area (TPSA) is 86.7 Å². The zero-order valence-electron chi connectivity index (χ0n) is 14.3. The molecule has 0 radical (unpaired) electrons. The lowest BCUT2D eigenvalue weighted by Gasteiger charge is -2.33. The molecule has 0 aliphatic carbocycles. The van der Waals surface area contributed by atoms with Crippen LogP contribution < -0.4 is 10.2 Å². The van der Waals surface area contributed by atoms with Crippen molar-refractivity contribution in [2.24, 2.45) is 5.92 Å². The van der Waals surface area contributed by atoms with Crippen LogP contribution in [0, 0.1) is 5.92 Å². The zero-order chi connectivity index (χ0) is 17.9. The number of carbonyl (C=O) groups is 3. The number of nitrogens with zero attached hydrogens (tertiary/aromatic N) is 1. The van der Waals surface area contributed by atoms with Gasteiger partial charge in [-0.2, -0.15) is 0 Å². The molecule has 1 aromatic rings. The van der Waals surface area contributed by atoms with Gasteiger partial charge < -0.3 is 15.3 Å². The second-order valence-electron chi connectivity index (χ2n) is 6.80. The monoisotopic (exact) mass is 332 g/mol. The van der Waals surface area contributed by atoms with Crippen molar-refractivity contribution in [1.82, 2.24) is 5.32 Å². The van der Waals surface area contributed by atoms with Crippen molar-refractivity contribution in [1.29, 1.82) is 0 Å². The minimum absolute atomic E-state index is 0.0408. The number of anilines is 1. The maximum absolute atomic E-state index is 12.6. The van der Waals surface area contributed by atoms with Gasteiger partial charge in [0.2, 0.25) is 5.91 Å². The highest BCUT2D eigenvalue weighted by Gasteiger charge is 2.33. The van der Waals surface area contributed by atoms with Crippen molar-refractivity contribution < 1.29 is 19.5 Å². The minimum Gasteiger partial charge on any atom is -0.481 e. The molecular formula is C18H24N2O4. The molecule has 1 fully saturated rings. The molecular weight excluding hydrogens is 308 g/mol. The quantitative estimate of drug-likeness (QED) is 0.837. The SMILES string of the molecule is CC(C)C(C)(CC(=O)O)NC(=O)c1cccc(N2CCCC2=O)c1. The molecule has 1 unspecified atom stereocenters. The van der Waals surface area contributed by atoms with E-state index in [1.807, 2.05) is 13.8 Å². The standard InChI is InChI=1S/C18H24N2O4/c1-12(2)18(3,11-16(22)23)19-17(24)13-6-4-7-14(10-13)20-9-5-8-15(20)21/h4,6-7,10,12H,5,8-9,11H2,1-3H3,(H,19,24)(H,22,23). The Hall–Kier alpha value is -2.37. The summed E-state index contributed by atoms with van der Waals surface area (Å²) in [6.07, 6.45) is 1.19. The summed E-state index contributed by atoms with van der Waals surface area (Å²) in [4.78, 5) is 37.2. The molecule has 130 valence electrons. The van der Waals surface area contributed by atoms with Crippen molar-refractivity contribution in [3.8, 4) is 0 Å². The van der Waals surface area contributed by atoms with Crippen LogP contribution in [0.15, 0.2) is 24.3 Å². The van der Waals surface area contributed by atoms with Gasteiger partial charge in [-0.05, 0) is 37.5 Å². The van der Waals surface area contributed by atoms with Gasteiger partial charge in [0.25, 0.3) is 5.91 Å². The Kier molecular flexibility index (Phi) is 5.26. The number of rotatable bonds is 6. The van der Waals surface area contributed by atoms with Gasteiger partial charge in [-0.25, -0.2) is 0 Å². The molecule has 24 heavy (non-hydrogen) atoms. The van der Waals surface area contributed by atoms with Crippen LogP contribution in [0.4, 0.5) is 5.69 Å². The first-order chi connectivity index (χ1) is 11.2. The number of hydrogen-bond acceptors (Lipinski definition) is 3. The van der Waals surface area contributed by atoms with Crippen molar-refractivity contribution in [2.75, 3.05) is 11.4 Å². The predicted octanol–water partition coefficient (Wildman–Crippen LogP) is 2.43. The van der Waals surface area contributed by atoms with Crippen LogP contribution in [0.2, 0.25) is 0 Å². The average Bonchev–Trinajstić information content (AvgIpc) is 2.92. The Morgan fingerprint density at radius 1 is 1.38 bits per heavy atom. The van der Waals surface area contributed by atoms with Gasteiger partial charge in [0.05, 0.1) is 12.0 Å². The number of carboxylic acids is 1. The van der Waals surface area contributed by atoms with Crippen LogP contribution in [-0.4, -0.2) is 35.0 Å². The molecule has 6 nitrogen and oxygen atoms in total. The molecule has 2 amide bonds. The van der Waals surface area contributed by atoms with Crippen LogP contribution in [0.25, 0.3) is 0 Å². The number of nitrogens with one attached hydrogen (secondary N) is 1. The maximum Gasteiger partial charge on any atom is 0.305 e. The average molecular weight is 332 g/mol. The summed E-state index contributed by atoms with van der Waals surface area (Å²) >= 11 is 0. The zero-order valence-corrected chi connectivity index (χ0v) is 14.3. The molecule has 0 spiro atoms. The Morgan fingerprint density at radius 2 is 2.08 bits per heavy atom. The van der Waals surface area contributed by atoms with Gasteiger partial charge >= 0.3 is 5.97 Å². The van der Waals surface area contributed by atoms with Crippen LogP contribution in [0.1, 0.15) is 50.4 Å². The van der Waals surface area contributed by atoms with E-state index in [2.05, 4.69) is 5.32 Å². The van der Waals surface area contributed by atoms with Gasteiger partial charge in [-0.3, -0.25) is 14.4 Å². The lowest BCUT2D eigenvalue weighted by molar-refractivity contribution is -0.139. The Bertz CT molecular complexity index is 656. The molecule has 1 saturated heterocycles. The fraction of sp³-hybridized carbons (Fsp3) is 0.500. The van der Waals surface area contributed by atoms with Crippen LogP contribution in [-0.2, 0) is 9.59 Å². The molecule has 1 aliphatic heterocycles. The molecule has 1 atom stereocenters. The predicted molar refractivity (Wildman–Crippen MR) is 91.0 cm³/mol. The normalized spacial score (nSPS) is 17.0. The second-order valence-corrected chi connectivity index (χ2v) is 6.80. The summed E-state index contributed by atoms with van der Waals surface area (Å²) < 4.78 is 0. The highest BCUT2D eigenvalue weighted by Crippen LogP contribution is 2.24. The highest BCUT2D eigenvalue weighted by atomic mass is 16.4. The second kappa shape index (κ2) is 7.03. The van der Waals surface area contributed by atoms with Gasteiger partial charge in [-0.15, -0.1) is 0 Å². The number of carbonyl (C=O) groups excluding carboxylic acids is 2. The summed E-state index contributed by atoms with van der Waals surface area (Å²) in [6, 6.07) is 6.89. The maximum atomic E-state index is 12.6. The van der Waals surface area contributed by atoms with Crippen LogP contribution in [0.5, 0.6) is 0 Å². The Morgan fingerprint density at radius 3 is 2.62 bits per heavy atom. The number of aliphatic carboxylic acids is 1. The Labute approximate surface area is 141 Å². The van der Waals surface area contributed by atoms with Gasteiger partial charge in [-0.1, -0.05) is 19.9 Å². The van der Waals surface area contributed by atoms with Crippen molar-refractivity contribution >= 4 is 23.5 Å². The number of benzene rings is 1. The Balaban J connectivity index is 2.20. The fourth-order valence-electron chi connectivity index (χ4n) is 2.77. The third-order valence-electron chi connectivity index (χ3n) is 4.69. The molecule has 2 N–H and O–H groups in total. The van der Waals surface area contributed by atoms with E-state index in [9.17, 15) is 14.4 Å². The van der Waals surface area contributed by atoms with E-state index < -0.39 is 11.5 Å². The molecule has 0 bridgehead atoms. The number of amides is 2. The summed E-state index contributed by atoms with van der Waals surface area (Å²) in [5, 5.41) is 11.9. The van der Waals surface area contributed by atoms with Gasteiger partial charge in [0.1, 0.15) is 0 Å². The van der Waals surface area contributed by atoms with Gasteiger partial charge in [0.15, 0.2) is 0 Å². The molecule has 1 heterocycles. The minimum atomic E-state index is -0.956. The highest BCUT2D eigenvalue weighted by molar-refractivity contribution is 5.99. The van der Waals surface area contributed by atoms with E-state index in [4.69, 9.17) is 5.11 Å². The van der Waals surface area contributed by atoms with Crippen LogP contribution in [0.3, 0.4) is 0 Å². The van der Waals surface area contributed by atoms with E-state index >= 15 is 0 Å². The first-order valence-corrected chi connectivity index (χ1v) is 8.17. The molecule has 1 aliphatic rings. The third-order valence-corrected chi connectivity index (χ3v) is 4.69. The van der Waals surface area contributed by atoms with Gasteiger partial charge in [0, 0.05) is 24.2 Å². The lowest BCUT2D eigenvalue weighted by atomic mass is 9.85. The summed E-state index contributed by atoms with van der Waals surface area (Å²) in [7, 11) is 0. The number of hydrogen-bond donors (Lipinski definition) is 2. The largest absolute Gasteiger partial charge is 0.481 e. The molecule has 2 rings (SSSR count). The van der Waals surface area contributed by atoms with E-state index in [1.165, 1.54) is 0 Å². The van der Waals surface area contributed by atoms with E-state index in [-0.39, 0.29) is 24.2 Å². The first-order valence-electron chi connectivity index (χ1n) is 8.17. The number of carboxylic acid groups (broad SMARTS) is 1. The molecule has 1 aromatic carbocycles. The smallest absolute Gasteiger partial charge is 0.305 e. The lowest BCUT2D eigenvalue weighted by Crippen LogP contribution is -2.51. The van der Waals surface area contributed by atoms with Crippen molar-refractivity contribution in [3.63, 3.8) is 0 Å². The van der Waals surface area contributed by atoms with Crippen LogP contribution >= 0.6 is 0 Å². The van der Waals surface area contributed by atoms with E-state index in [0.717, 1.165) is 6.42 Å². The molecule has 0 saturated carbocycles. The fourth-order valence-corrected chi connectivity index (χ4v) is 2.77. The van der Waals surface area contributed by atoms with Crippen molar-refractivity contribution in [2.45, 2.75) is 45.6 Å². The molecule has 0 aromatic heterocycles. The molecule has 6 heteroatoms. The summed E-state index contributed by atoms with van der Waals surface area (Å²) in [5.41, 5.74) is 0.279. The third kappa shape index (κ3) is 3.93. The first kappa shape index (κ1) is 18.0. The van der Waals surface area contributed by atoms with E-state index in [1.54, 1.807) is 36.1 Å². The van der Waals surface area contributed by atoms with Crippen molar-refractivity contribution in [3.05, 3.63) is 29.8 Å². The summed E-state index contributed by atoms with van der Waals surface area (Å²) in [6.45, 7) is 6.15. The van der Waals surface area contributed by atoms with E-state index in [0.29, 0.717) is 24.2 Å². The summed E-state index contributed by atoms with van der Waals surface area (Å²) in [5.74, 6) is -1.27.